The SMILES string of the molecule is CC(C)N1CCC12CCN(C(=O)C1(F)CC1)CC2. The Morgan fingerprint density at radius 2 is 1.61 bits per heavy atom. The fourth-order valence-electron chi connectivity index (χ4n) is 3.63. The number of hydrogen-bond acceptors (Lipinski definition) is 2. The van der Waals surface area contributed by atoms with E-state index in [-0.39, 0.29) is 5.91 Å². The average Bonchev–Trinajstić information content (AvgIpc) is 3.06. The third-order valence-electron chi connectivity index (χ3n) is 5.10. The van der Waals surface area contributed by atoms with Crippen molar-refractivity contribution in [3.63, 3.8) is 0 Å². The van der Waals surface area contributed by atoms with Crippen molar-refractivity contribution in [2.45, 2.75) is 63.2 Å². The summed E-state index contributed by atoms with van der Waals surface area (Å²) in [6.45, 7) is 7.14. The van der Waals surface area contributed by atoms with E-state index in [0.717, 1.165) is 25.9 Å². The Hall–Kier alpha value is -0.640. The minimum absolute atomic E-state index is 0.243. The van der Waals surface area contributed by atoms with Gasteiger partial charge >= 0.3 is 0 Å². The normalized spacial score (nSPS) is 29.4. The number of alkyl halides is 1. The molecule has 0 radical (unpaired) electrons. The number of rotatable bonds is 2. The van der Waals surface area contributed by atoms with Gasteiger partial charge in [0.25, 0.3) is 5.91 Å². The van der Waals surface area contributed by atoms with Gasteiger partial charge in [-0.2, -0.15) is 0 Å². The lowest BCUT2D eigenvalue weighted by Crippen LogP contribution is -2.66. The molecule has 1 spiro atoms. The molecule has 102 valence electrons. The van der Waals surface area contributed by atoms with E-state index in [1.165, 1.54) is 13.0 Å². The summed E-state index contributed by atoms with van der Waals surface area (Å²) in [6, 6.07) is 0.581. The van der Waals surface area contributed by atoms with Crippen molar-refractivity contribution < 1.29 is 9.18 Å². The van der Waals surface area contributed by atoms with Crippen LogP contribution in [0.15, 0.2) is 0 Å². The molecular weight excluding hydrogens is 231 g/mol. The Morgan fingerprint density at radius 1 is 1.06 bits per heavy atom. The smallest absolute Gasteiger partial charge is 0.260 e. The van der Waals surface area contributed by atoms with E-state index < -0.39 is 5.67 Å². The van der Waals surface area contributed by atoms with Crippen molar-refractivity contribution in [3.8, 4) is 0 Å². The van der Waals surface area contributed by atoms with Crippen molar-refractivity contribution in [1.82, 2.24) is 9.80 Å². The van der Waals surface area contributed by atoms with Gasteiger partial charge in [0, 0.05) is 31.2 Å². The third kappa shape index (κ3) is 1.77. The van der Waals surface area contributed by atoms with Gasteiger partial charge < -0.3 is 4.90 Å². The van der Waals surface area contributed by atoms with E-state index in [9.17, 15) is 9.18 Å². The lowest BCUT2D eigenvalue weighted by atomic mass is 9.75. The number of piperidine rings is 1. The monoisotopic (exact) mass is 254 g/mol. The molecule has 3 fully saturated rings. The first-order valence-corrected chi connectivity index (χ1v) is 7.22. The molecule has 0 N–H and O–H groups in total. The van der Waals surface area contributed by atoms with E-state index in [1.54, 1.807) is 4.90 Å². The van der Waals surface area contributed by atoms with Crippen LogP contribution in [0.3, 0.4) is 0 Å². The van der Waals surface area contributed by atoms with Crippen LogP contribution < -0.4 is 0 Å². The minimum Gasteiger partial charge on any atom is -0.340 e. The molecule has 3 nitrogen and oxygen atoms in total. The number of nitrogens with zero attached hydrogens (tertiary/aromatic N) is 2. The summed E-state index contributed by atoms with van der Waals surface area (Å²) >= 11 is 0. The maximum atomic E-state index is 13.8. The Morgan fingerprint density at radius 3 is 2.00 bits per heavy atom. The lowest BCUT2D eigenvalue weighted by Gasteiger charge is -2.58. The Labute approximate surface area is 108 Å². The summed E-state index contributed by atoms with van der Waals surface area (Å²) in [6.07, 6.45) is 4.16. The second-order valence-corrected chi connectivity index (χ2v) is 6.52. The maximum absolute atomic E-state index is 13.8. The van der Waals surface area contributed by atoms with Gasteiger partial charge in [-0.1, -0.05) is 0 Å². The lowest BCUT2D eigenvalue weighted by molar-refractivity contribution is -0.144. The van der Waals surface area contributed by atoms with Crippen LogP contribution >= 0.6 is 0 Å². The van der Waals surface area contributed by atoms with Crippen molar-refractivity contribution in [2.75, 3.05) is 19.6 Å². The predicted octanol–water partition coefficient (Wildman–Crippen LogP) is 1.96. The van der Waals surface area contributed by atoms with Gasteiger partial charge in [0.1, 0.15) is 0 Å². The summed E-state index contributed by atoms with van der Waals surface area (Å²) in [5, 5.41) is 0. The number of halogens is 1. The molecule has 1 amide bonds. The number of likely N-dealkylation sites (tertiary alicyclic amines) is 2. The van der Waals surface area contributed by atoms with Crippen LogP contribution in [-0.2, 0) is 4.79 Å². The molecule has 0 aromatic rings. The number of carbonyl (C=O) groups excluding carboxylic acids is 1. The molecule has 0 bridgehead atoms. The fraction of sp³-hybridized carbons (Fsp3) is 0.929. The zero-order chi connectivity index (χ0) is 13.0. The van der Waals surface area contributed by atoms with Crippen LogP contribution in [0, 0.1) is 0 Å². The van der Waals surface area contributed by atoms with E-state index >= 15 is 0 Å². The summed E-state index contributed by atoms with van der Waals surface area (Å²) in [5.41, 5.74) is -1.17. The number of carbonyl (C=O) groups is 1. The largest absolute Gasteiger partial charge is 0.340 e. The highest BCUT2D eigenvalue weighted by atomic mass is 19.1. The second-order valence-electron chi connectivity index (χ2n) is 6.52. The molecule has 0 atom stereocenters. The zero-order valence-electron chi connectivity index (χ0n) is 11.4. The summed E-state index contributed by atoms with van der Waals surface area (Å²) in [4.78, 5) is 16.3. The Kier molecular flexibility index (Phi) is 2.70. The topological polar surface area (TPSA) is 23.6 Å². The summed E-state index contributed by atoms with van der Waals surface area (Å²) < 4.78 is 13.8. The van der Waals surface area contributed by atoms with Crippen LogP contribution in [-0.4, -0.2) is 52.6 Å². The van der Waals surface area contributed by atoms with Crippen LogP contribution in [0.1, 0.15) is 46.0 Å². The molecule has 3 rings (SSSR count). The molecule has 2 heterocycles. The van der Waals surface area contributed by atoms with Gasteiger partial charge in [0.2, 0.25) is 0 Å². The summed E-state index contributed by atoms with van der Waals surface area (Å²) in [7, 11) is 0. The molecule has 3 aliphatic rings. The van der Waals surface area contributed by atoms with Gasteiger partial charge in [-0.15, -0.1) is 0 Å². The highest BCUT2D eigenvalue weighted by Crippen LogP contribution is 2.45. The third-order valence-corrected chi connectivity index (χ3v) is 5.10. The summed E-state index contributed by atoms with van der Waals surface area (Å²) in [5.74, 6) is -0.243. The van der Waals surface area contributed by atoms with Crippen molar-refractivity contribution >= 4 is 5.91 Å². The van der Waals surface area contributed by atoms with E-state index in [0.29, 0.717) is 24.4 Å². The van der Waals surface area contributed by atoms with Crippen molar-refractivity contribution in [2.24, 2.45) is 0 Å². The highest BCUT2D eigenvalue weighted by molar-refractivity contribution is 5.88. The maximum Gasteiger partial charge on any atom is 0.260 e. The minimum atomic E-state index is -1.48. The molecule has 2 aliphatic heterocycles. The van der Waals surface area contributed by atoms with Gasteiger partial charge in [0.15, 0.2) is 5.67 Å². The molecule has 2 saturated heterocycles. The van der Waals surface area contributed by atoms with Crippen molar-refractivity contribution in [3.05, 3.63) is 0 Å². The first kappa shape index (κ1) is 12.4. The van der Waals surface area contributed by atoms with Crippen molar-refractivity contribution in [1.29, 1.82) is 0 Å². The van der Waals surface area contributed by atoms with Crippen LogP contribution in [0.5, 0.6) is 0 Å². The Balaban J connectivity index is 1.60. The molecular formula is C14H23FN2O. The second kappa shape index (κ2) is 3.92. The van der Waals surface area contributed by atoms with Gasteiger partial charge in [-0.05, 0) is 46.0 Å². The van der Waals surface area contributed by atoms with Gasteiger partial charge in [0.05, 0.1) is 0 Å². The zero-order valence-corrected chi connectivity index (χ0v) is 11.4. The van der Waals surface area contributed by atoms with E-state index in [2.05, 4.69) is 18.7 Å². The molecule has 0 aromatic carbocycles. The van der Waals surface area contributed by atoms with Gasteiger partial charge in [-0.25, -0.2) is 4.39 Å². The predicted molar refractivity (Wildman–Crippen MR) is 68.1 cm³/mol. The molecule has 18 heavy (non-hydrogen) atoms. The average molecular weight is 254 g/mol. The fourth-order valence-corrected chi connectivity index (χ4v) is 3.63. The quantitative estimate of drug-likeness (QED) is 0.752. The van der Waals surface area contributed by atoms with Crippen LogP contribution in [0.2, 0.25) is 0 Å². The Bertz CT molecular complexity index is 357. The van der Waals surface area contributed by atoms with E-state index in [4.69, 9.17) is 0 Å². The van der Waals surface area contributed by atoms with Gasteiger partial charge in [-0.3, -0.25) is 9.69 Å². The first-order valence-electron chi connectivity index (χ1n) is 7.22. The molecule has 0 unspecified atom stereocenters. The van der Waals surface area contributed by atoms with Crippen LogP contribution in [0.25, 0.3) is 0 Å². The number of hydrogen-bond donors (Lipinski definition) is 0. The van der Waals surface area contributed by atoms with Crippen LogP contribution in [0.4, 0.5) is 4.39 Å². The number of amides is 1. The standard InChI is InChI=1S/C14H23FN2O/c1-11(2)17-10-7-13(17)5-8-16(9-6-13)12(18)14(15)3-4-14/h11H,3-10H2,1-2H3. The highest BCUT2D eigenvalue weighted by Gasteiger charge is 2.55. The molecule has 1 saturated carbocycles. The first-order chi connectivity index (χ1) is 8.47. The molecule has 0 aromatic heterocycles. The van der Waals surface area contributed by atoms with E-state index in [1.807, 2.05) is 0 Å². The molecule has 4 heteroatoms. The molecule has 1 aliphatic carbocycles.